The maximum absolute atomic E-state index is 5.63. The molecule has 4 aromatic rings. The van der Waals surface area contributed by atoms with Crippen molar-refractivity contribution in [1.82, 2.24) is 14.5 Å². The van der Waals surface area contributed by atoms with Gasteiger partial charge in [0.1, 0.15) is 18.9 Å². The normalized spacial score (nSPS) is 13.1. The van der Waals surface area contributed by atoms with Gasteiger partial charge >= 0.3 is 0 Å². The van der Waals surface area contributed by atoms with E-state index in [2.05, 4.69) is 16.0 Å². The van der Waals surface area contributed by atoms with E-state index in [1.165, 1.54) is 0 Å². The molecule has 0 bridgehead atoms. The van der Waals surface area contributed by atoms with Crippen LogP contribution in [0, 0.1) is 0 Å². The first-order valence-electron chi connectivity index (χ1n) is 8.32. The van der Waals surface area contributed by atoms with Gasteiger partial charge in [-0.25, -0.2) is 9.97 Å². The summed E-state index contributed by atoms with van der Waals surface area (Å²) >= 11 is 1.55. The highest BCUT2D eigenvalue weighted by atomic mass is 32.1. The largest absolute Gasteiger partial charge is 0.486 e. The molecule has 0 radical (unpaired) electrons. The van der Waals surface area contributed by atoms with E-state index in [1.54, 1.807) is 11.3 Å². The summed E-state index contributed by atoms with van der Waals surface area (Å²) in [4.78, 5) is 9.40. The molecule has 5 rings (SSSR count). The molecular weight excluding hydrogens is 348 g/mol. The molecule has 0 fully saturated rings. The molecule has 2 aromatic carbocycles. The summed E-state index contributed by atoms with van der Waals surface area (Å²) in [5.41, 5.74) is 3.84. The molecule has 0 amide bonds. The topological polar surface area (TPSA) is 61.2 Å². The average Bonchev–Trinajstić information content (AvgIpc) is 3.26. The van der Waals surface area contributed by atoms with E-state index in [9.17, 15) is 0 Å². The van der Waals surface area contributed by atoms with E-state index in [0.717, 1.165) is 44.9 Å². The van der Waals surface area contributed by atoms with Gasteiger partial charge < -0.3 is 19.4 Å². The number of aryl methyl sites for hydroxylation is 1. The highest BCUT2D eigenvalue weighted by Gasteiger charge is 2.15. The van der Waals surface area contributed by atoms with Crippen molar-refractivity contribution in [3.63, 3.8) is 0 Å². The first-order valence-corrected chi connectivity index (χ1v) is 9.20. The second-order valence-corrected chi connectivity index (χ2v) is 6.86. The van der Waals surface area contributed by atoms with Crippen molar-refractivity contribution in [2.75, 3.05) is 18.5 Å². The minimum Gasteiger partial charge on any atom is -0.486 e. The van der Waals surface area contributed by atoms with Gasteiger partial charge in [-0.15, -0.1) is 11.3 Å². The fourth-order valence-electron chi connectivity index (χ4n) is 3.05. The SMILES string of the molecule is Cn1c(-c2csc(Nc3ccc4c(c3)OCCO4)n2)nc2ccccc21. The Hall–Kier alpha value is -3.06. The van der Waals surface area contributed by atoms with E-state index >= 15 is 0 Å². The van der Waals surface area contributed by atoms with Crippen molar-refractivity contribution in [2.24, 2.45) is 7.05 Å². The maximum atomic E-state index is 5.63. The molecule has 0 aliphatic carbocycles. The molecule has 1 aliphatic rings. The van der Waals surface area contributed by atoms with Gasteiger partial charge in [0.15, 0.2) is 22.5 Å². The van der Waals surface area contributed by atoms with Crippen LogP contribution in [0.4, 0.5) is 10.8 Å². The summed E-state index contributed by atoms with van der Waals surface area (Å²) in [6, 6.07) is 13.9. The third kappa shape index (κ3) is 2.57. The molecule has 2 aromatic heterocycles. The van der Waals surface area contributed by atoms with Crippen molar-refractivity contribution in [3.8, 4) is 23.0 Å². The Kier molecular flexibility index (Phi) is 3.53. The first kappa shape index (κ1) is 15.2. The Morgan fingerprint density at radius 3 is 2.77 bits per heavy atom. The Bertz CT molecular complexity index is 1100. The Balaban J connectivity index is 1.44. The second kappa shape index (κ2) is 6.03. The second-order valence-electron chi connectivity index (χ2n) is 6.00. The number of nitrogens with zero attached hydrogens (tertiary/aromatic N) is 3. The minimum atomic E-state index is 0.574. The zero-order valence-electron chi connectivity index (χ0n) is 14.1. The lowest BCUT2D eigenvalue weighted by Gasteiger charge is -2.18. The van der Waals surface area contributed by atoms with Crippen LogP contribution in [0.2, 0.25) is 0 Å². The molecule has 0 saturated carbocycles. The van der Waals surface area contributed by atoms with Gasteiger partial charge in [-0.2, -0.15) is 0 Å². The highest BCUT2D eigenvalue weighted by Crippen LogP contribution is 2.35. The summed E-state index contributed by atoms with van der Waals surface area (Å²) in [7, 11) is 2.01. The minimum absolute atomic E-state index is 0.574. The number of hydrogen-bond acceptors (Lipinski definition) is 6. The molecule has 0 unspecified atom stereocenters. The van der Waals surface area contributed by atoms with Crippen molar-refractivity contribution >= 4 is 33.2 Å². The number of nitrogens with one attached hydrogen (secondary N) is 1. The molecule has 26 heavy (non-hydrogen) atoms. The number of benzene rings is 2. The number of thiazole rings is 1. The van der Waals surface area contributed by atoms with Crippen LogP contribution in [0.5, 0.6) is 11.5 Å². The van der Waals surface area contributed by atoms with Gasteiger partial charge in [-0.1, -0.05) is 12.1 Å². The number of aromatic nitrogens is 3. The van der Waals surface area contributed by atoms with Crippen molar-refractivity contribution in [2.45, 2.75) is 0 Å². The van der Waals surface area contributed by atoms with Crippen LogP contribution in [0.3, 0.4) is 0 Å². The molecule has 3 heterocycles. The standard InChI is InChI=1S/C19H16N4O2S/c1-23-15-5-3-2-4-13(15)21-18(23)14-11-26-19(22-14)20-12-6-7-16-17(10-12)25-9-8-24-16/h2-7,10-11H,8-9H2,1H3,(H,20,22). The zero-order valence-corrected chi connectivity index (χ0v) is 14.9. The van der Waals surface area contributed by atoms with Crippen molar-refractivity contribution in [1.29, 1.82) is 0 Å². The molecular formula is C19H16N4O2S. The molecule has 7 heteroatoms. The fourth-order valence-corrected chi connectivity index (χ4v) is 3.76. The number of fused-ring (bicyclic) bond motifs is 2. The predicted molar refractivity (Wildman–Crippen MR) is 103 cm³/mol. The number of para-hydroxylation sites is 2. The molecule has 6 nitrogen and oxygen atoms in total. The average molecular weight is 364 g/mol. The van der Waals surface area contributed by atoms with E-state index < -0.39 is 0 Å². The lowest BCUT2D eigenvalue weighted by molar-refractivity contribution is 0.171. The van der Waals surface area contributed by atoms with Crippen LogP contribution < -0.4 is 14.8 Å². The molecule has 0 saturated heterocycles. The zero-order chi connectivity index (χ0) is 17.5. The van der Waals surface area contributed by atoms with Gasteiger partial charge in [0.05, 0.1) is 11.0 Å². The molecule has 0 spiro atoms. The summed E-state index contributed by atoms with van der Waals surface area (Å²) in [6.07, 6.45) is 0. The predicted octanol–water partition coefficient (Wildman–Crippen LogP) is 4.21. The number of ether oxygens (including phenoxy) is 2. The van der Waals surface area contributed by atoms with Gasteiger partial charge in [0, 0.05) is 24.2 Å². The maximum Gasteiger partial charge on any atom is 0.187 e. The van der Waals surface area contributed by atoms with Crippen LogP contribution in [0.15, 0.2) is 47.8 Å². The number of hydrogen-bond donors (Lipinski definition) is 1. The van der Waals surface area contributed by atoms with E-state index in [0.29, 0.717) is 13.2 Å². The van der Waals surface area contributed by atoms with Crippen molar-refractivity contribution < 1.29 is 9.47 Å². The summed E-state index contributed by atoms with van der Waals surface area (Å²) in [5.74, 6) is 2.40. The lowest BCUT2D eigenvalue weighted by atomic mass is 10.2. The molecule has 0 atom stereocenters. The smallest absolute Gasteiger partial charge is 0.187 e. The van der Waals surface area contributed by atoms with Crippen LogP contribution in [-0.4, -0.2) is 27.7 Å². The first-order chi connectivity index (χ1) is 12.8. The van der Waals surface area contributed by atoms with Gasteiger partial charge in [0.2, 0.25) is 0 Å². The monoisotopic (exact) mass is 364 g/mol. The fraction of sp³-hybridized carbons (Fsp3) is 0.158. The van der Waals surface area contributed by atoms with Crippen LogP contribution >= 0.6 is 11.3 Å². The van der Waals surface area contributed by atoms with Gasteiger partial charge in [-0.05, 0) is 24.3 Å². The summed E-state index contributed by atoms with van der Waals surface area (Å²) in [6.45, 7) is 1.16. The summed E-state index contributed by atoms with van der Waals surface area (Å²) in [5, 5.41) is 6.16. The molecule has 1 aliphatic heterocycles. The number of imidazole rings is 1. The van der Waals surface area contributed by atoms with Crippen LogP contribution in [0.25, 0.3) is 22.6 Å². The molecule has 130 valence electrons. The van der Waals surface area contributed by atoms with Crippen molar-refractivity contribution in [3.05, 3.63) is 47.8 Å². The van der Waals surface area contributed by atoms with Crippen LogP contribution in [0.1, 0.15) is 0 Å². The van der Waals surface area contributed by atoms with E-state index in [-0.39, 0.29) is 0 Å². The number of rotatable bonds is 3. The Morgan fingerprint density at radius 1 is 1.04 bits per heavy atom. The third-order valence-electron chi connectivity index (χ3n) is 4.31. The summed E-state index contributed by atoms with van der Waals surface area (Å²) < 4.78 is 13.3. The molecule has 1 N–H and O–H groups in total. The highest BCUT2D eigenvalue weighted by molar-refractivity contribution is 7.14. The van der Waals surface area contributed by atoms with E-state index in [1.807, 2.05) is 48.8 Å². The van der Waals surface area contributed by atoms with Gasteiger partial charge in [-0.3, -0.25) is 0 Å². The Morgan fingerprint density at radius 2 is 1.88 bits per heavy atom. The van der Waals surface area contributed by atoms with Gasteiger partial charge in [0.25, 0.3) is 0 Å². The van der Waals surface area contributed by atoms with Crippen LogP contribution in [-0.2, 0) is 7.05 Å². The quantitative estimate of drug-likeness (QED) is 0.590. The lowest BCUT2D eigenvalue weighted by Crippen LogP contribution is -2.15. The Labute approximate surface area is 154 Å². The number of anilines is 2. The van der Waals surface area contributed by atoms with E-state index in [4.69, 9.17) is 19.4 Å². The third-order valence-corrected chi connectivity index (χ3v) is 5.07.